The van der Waals surface area contributed by atoms with Gasteiger partial charge in [0.15, 0.2) is 0 Å². The van der Waals surface area contributed by atoms with Crippen molar-refractivity contribution in [2.45, 2.75) is 51.4 Å². The van der Waals surface area contributed by atoms with Crippen molar-refractivity contribution in [3.05, 3.63) is 0 Å². The monoisotopic (exact) mass is 334 g/mol. The molecule has 0 N–H and O–H groups in total. The fourth-order valence-corrected chi connectivity index (χ4v) is 5.60. The Hall–Kier alpha value is -0.610. The van der Waals surface area contributed by atoms with Gasteiger partial charge in [0, 0.05) is 45.2 Å². The largest absolute Gasteiger partial charge is 0.381 e. The Balaban J connectivity index is 1.24. The topological polar surface area (TPSA) is 32.8 Å². The Labute approximate surface area is 146 Å². The number of ether oxygens (including phenoxy) is 1. The van der Waals surface area contributed by atoms with Gasteiger partial charge in [-0.3, -0.25) is 9.69 Å². The van der Waals surface area contributed by atoms with Crippen molar-refractivity contribution in [2.24, 2.45) is 23.7 Å². The Morgan fingerprint density at radius 1 is 0.917 bits per heavy atom. The van der Waals surface area contributed by atoms with Crippen molar-refractivity contribution in [2.75, 3.05) is 45.9 Å². The van der Waals surface area contributed by atoms with Crippen molar-refractivity contribution in [1.82, 2.24) is 9.80 Å². The van der Waals surface area contributed by atoms with Crippen LogP contribution in [0.2, 0.25) is 0 Å². The Morgan fingerprint density at radius 3 is 2.46 bits per heavy atom. The molecule has 4 fully saturated rings. The summed E-state index contributed by atoms with van der Waals surface area (Å²) < 4.78 is 5.49. The van der Waals surface area contributed by atoms with Gasteiger partial charge in [-0.1, -0.05) is 25.7 Å². The molecule has 0 bridgehead atoms. The third-order valence-electron chi connectivity index (χ3n) is 7.11. The molecule has 0 radical (unpaired) electrons. The molecule has 0 unspecified atom stereocenters. The van der Waals surface area contributed by atoms with Crippen molar-refractivity contribution < 1.29 is 9.53 Å². The fraction of sp³-hybridized carbons (Fsp3) is 0.950. The van der Waals surface area contributed by atoms with Gasteiger partial charge in [0.25, 0.3) is 0 Å². The third-order valence-corrected chi connectivity index (χ3v) is 7.11. The van der Waals surface area contributed by atoms with Crippen LogP contribution in [-0.4, -0.2) is 61.6 Å². The van der Waals surface area contributed by atoms with Gasteiger partial charge in [0.1, 0.15) is 0 Å². The number of piperazine rings is 1. The number of fused-ring (bicyclic) bond motifs is 1. The highest BCUT2D eigenvalue weighted by Crippen LogP contribution is 2.43. The lowest BCUT2D eigenvalue weighted by Crippen LogP contribution is -2.52. The molecule has 4 rings (SSSR count). The third kappa shape index (κ3) is 3.80. The fourth-order valence-electron chi connectivity index (χ4n) is 5.60. The molecule has 2 aliphatic heterocycles. The summed E-state index contributed by atoms with van der Waals surface area (Å²) in [6.45, 7) is 7.03. The van der Waals surface area contributed by atoms with Crippen LogP contribution in [0.25, 0.3) is 0 Å². The van der Waals surface area contributed by atoms with Gasteiger partial charge in [0.05, 0.1) is 6.61 Å². The number of carbonyl (C=O) groups is 1. The van der Waals surface area contributed by atoms with E-state index in [9.17, 15) is 4.79 Å². The van der Waals surface area contributed by atoms with E-state index in [0.29, 0.717) is 17.7 Å². The molecular formula is C20H34N2O2. The van der Waals surface area contributed by atoms with E-state index >= 15 is 0 Å². The van der Waals surface area contributed by atoms with Gasteiger partial charge < -0.3 is 9.64 Å². The first kappa shape index (κ1) is 16.8. The molecule has 136 valence electrons. The SMILES string of the molecule is O=C([C@@H]1CC[C@@H]2CCCC[C@H]2C1)N1CCN(C[C@H]2CCOC2)CC1. The van der Waals surface area contributed by atoms with E-state index in [0.717, 1.165) is 64.2 Å². The van der Waals surface area contributed by atoms with Gasteiger partial charge in [-0.15, -0.1) is 0 Å². The zero-order chi connectivity index (χ0) is 16.4. The molecule has 4 atom stereocenters. The smallest absolute Gasteiger partial charge is 0.225 e. The molecule has 2 aliphatic carbocycles. The van der Waals surface area contributed by atoms with Crippen LogP contribution in [0.1, 0.15) is 51.4 Å². The Morgan fingerprint density at radius 2 is 1.71 bits per heavy atom. The van der Waals surface area contributed by atoms with E-state index in [1.807, 2.05) is 0 Å². The average Bonchev–Trinajstić information content (AvgIpc) is 3.14. The minimum Gasteiger partial charge on any atom is -0.381 e. The summed E-state index contributed by atoms with van der Waals surface area (Å²) >= 11 is 0. The molecule has 4 heteroatoms. The summed E-state index contributed by atoms with van der Waals surface area (Å²) in [6, 6.07) is 0. The van der Waals surface area contributed by atoms with Crippen molar-refractivity contribution in [1.29, 1.82) is 0 Å². The summed E-state index contributed by atoms with van der Waals surface area (Å²) in [6.07, 6.45) is 10.5. The van der Waals surface area contributed by atoms with Crippen molar-refractivity contribution in [3.63, 3.8) is 0 Å². The van der Waals surface area contributed by atoms with Crippen LogP contribution in [0, 0.1) is 23.7 Å². The quantitative estimate of drug-likeness (QED) is 0.796. The summed E-state index contributed by atoms with van der Waals surface area (Å²) in [4.78, 5) is 17.7. The number of hydrogen-bond donors (Lipinski definition) is 0. The van der Waals surface area contributed by atoms with Gasteiger partial charge >= 0.3 is 0 Å². The maximum Gasteiger partial charge on any atom is 0.225 e. The Kier molecular flexibility index (Phi) is 5.43. The van der Waals surface area contributed by atoms with E-state index in [2.05, 4.69) is 9.80 Å². The minimum atomic E-state index is 0.333. The second-order valence-electron chi connectivity index (χ2n) is 8.67. The lowest BCUT2D eigenvalue weighted by atomic mass is 9.67. The molecule has 4 nitrogen and oxygen atoms in total. The van der Waals surface area contributed by atoms with Crippen LogP contribution in [0.5, 0.6) is 0 Å². The van der Waals surface area contributed by atoms with E-state index in [4.69, 9.17) is 4.74 Å². The maximum atomic E-state index is 13.0. The van der Waals surface area contributed by atoms with E-state index in [1.165, 1.54) is 44.9 Å². The molecule has 0 spiro atoms. The predicted octanol–water partition coefficient (Wildman–Crippen LogP) is 2.77. The first-order valence-corrected chi connectivity index (χ1v) is 10.4. The van der Waals surface area contributed by atoms with Crippen molar-refractivity contribution >= 4 is 5.91 Å². The second-order valence-corrected chi connectivity index (χ2v) is 8.67. The highest BCUT2D eigenvalue weighted by Gasteiger charge is 2.37. The summed E-state index contributed by atoms with van der Waals surface area (Å²) in [7, 11) is 0. The molecule has 0 aromatic carbocycles. The summed E-state index contributed by atoms with van der Waals surface area (Å²) in [5, 5.41) is 0. The number of rotatable bonds is 3. The van der Waals surface area contributed by atoms with Crippen LogP contribution < -0.4 is 0 Å². The van der Waals surface area contributed by atoms with E-state index in [1.54, 1.807) is 0 Å². The predicted molar refractivity (Wildman–Crippen MR) is 94.7 cm³/mol. The second kappa shape index (κ2) is 7.74. The zero-order valence-electron chi connectivity index (χ0n) is 15.1. The molecule has 1 amide bonds. The first-order chi connectivity index (χ1) is 11.8. The number of hydrogen-bond acceptors (Lipinski definition) is 3. The maximum absolute atomic E-state index is 13.0. The van der Waals surface area contributed by atoms with E-state index in [-0.39, 0.29) is 0 Å². The molecule has 2 heterocycles. The van der Waals surface area contributed by atoms with Crippen LogP contribution in [0.15, 0.2) is 0 Å². The normalized spacial score (nSPS) is 38.1. The van der Waals surface area contributed by atoms with E-state index < -0.39 is 0 Å². The first-order valence-electron chi connectivity index (χ1n) is 10.4. The van der Waals surface area contributed by atoms with Gasteiger partial charge in [-0.25, -0.2) is 0 Å². The van der Waals surface area contributed by atoms with Gasteiger partial charge in [-0.2, -0.15) is 0 Å². The van der Waals surface area contributed by atoms with Crippen LogP contribution in [0.3, 0.4) is 0 Å². The molecular weight excluding hydrogens is 300 g/mol. The summed E-state index contributed by atoms with van der Waals surface area (Å²) in [5.41, 5.74) is 0. The highest BCUT2D eigenvalue weighted by molar-refractivity contribution is 5.79. The minimum absolute atomic E-state index is 0.333. The molecule has 24 heavy (non-hydrogen) atoms. The van der Waals surface area contributed by atoms with Gasteiger partial charge in [-0.05, 0) is 43.4 Å². The standard InChI is InChI=1S/C20H34N2O2/c23-20(19-6-5-17-3-1-2-4-18(17)13-19)22-10-8-21(9-11-22)14-16-7-12-24-15-16/h16-19H,1-15H2/t16-,17+,18+,19-/m1/s1. The van der Waals surface area contributed by atoms with Crippen LogP contribution >= 0.6 is 0 Å². The highest BCUT2D eigenvalue weighted by atomic mass is 16.5. The number of nitrogens with zero attached hydrogens (tertiary/aromatic N) is 2. The van der Waals surface area contributed by atoms with Gasteiger partial charge in [0.2, 0.25) is 5.91 Å². The van der Waals surface area contributed by atoms with Crippen molar-refractivity contribution in [3.8, 4) is 0 Å². The number of amides is 1. The Bertz CT molecular complexity index is 427. The number of carbonyl (C=O) groups excluding carboxylic acids is 1. The molecule has 2 saturated heterocycles. The molecule has 4 aliphatic rings. The lowest BCUT2D eigenvalue weighted by molar-refractivity contribution is -0.139. The lowest BCUT2D eigenvalue weighted by Gasteiger charge is -2.42. The zero-order valence-corrected chi connectivity index (χ0v) is 15.1. The molecule has 0 aromatic rings. The molecule has 0 aromatic heterocycles. The average molecular weight is 335 g/mol. The van der Waals surface area contributed by atoms with Crippen LogP contribution in [0.4, 0.5) is 0 Å². The summed E-state index contributed by atoms with van der Waals surface area (Å²) in [5.74, 6) is 3.31. The molecule has 2 saturated carbocycles. The van der Waals surface area contributed by atoms with Crippen LogP contribution in [-0.2, 0) is 9.53 Å².